The van der Waals surface area contributed by atoms with E-state index >= 15 is 0 Å². The lowest BCUT2D eigenvalue weighted by atomic mass is 9.92. The highest BCUT2D eigenvalue weighted by Crippen LogP contribution is 2.32. The van der Waals surface area contributed by atoms with Gasteiger partial charge >= 0.3 is 0 Å². The van der Waals surface area contributed by atoms with E-state index in [1.807, 2.05) is 10.7 Å². The van der Waals surface area contributed by atoms with Crippen LogP contribution in [0.2, 0.25) is 0 Å². The number of nitrogens with one attached hydrogen (secondary N) is 1. The number of nitrogens with zero attached hydrogens (tertiary/aromatic N) is 2. The zero-order chi connectivity index (χ0) is 19.8. The predicted molar refractivity (Wildman–Crippen MR) is 106 cm³/mol. The van der Waals surface area contributed by atoms with Crippen LogP contribution in [0.3, 0.4) is 0 Å². The van der Waals surface area contributed by atoms with Crippen LogP contribution in [-0.2, 0) is 11.0 Å². The van der Waals surface area contributed by atoms with Crippen molar-refractivity contribution in [2.75, 3.05) is 18.5 Å². The van der Waals surface area contributed by atoms with Gasteiger partial charge in [-0.25, -0.2) is 4.68 Å². The van der Waals surface area contributed by atoms with Crippen molar-refractivity contribution in [3.8, 4) is 11.5 Å². The molecule has 6 heteroatoms. The summed E-state index contributed by atoms with van der Waals surface area (Å²) in [6.07, 6.45) is 0.830. The molecule has 0 unspecified atom stereocenters. The molecule has 146 valence electrons. The molecule has 0 atom stereocenters. The van der Waals surface area contributed by atoms with Gasteiger partial charge in [-0.05, 0) is 39.0 Å². The Bertz CT molecular complexity index is 841. The lowest BCUT2D eigenvalue weighted by Crippen LogP contribution is -2.27. The molecule has 0 radical (unpaired) electrons. The minimum absolute atomic E-state index is 0.106. The number of carbonyl (C=O) groups excluding carboxylic acids is 1. The van der Waals surface area contributed by atoms with E-state index in [0.29, 0.717) is 36.1 Å². The average Bonchev–Trinajstić information content (AvgIpc) is 2.86. The number of hydrogen-bond acceptors (Lipinski definition) is 4. The molecule has 0 aliphatic carbocycles. The van der Waals surface area contributed by atoms with Gasteiger partial charge in [0.2, 0.25) is 0 Å². The Kier molecular flexibility index (Phi) is 4.93. The van der Waals surface area contributed by atoms with Gasteiger partial charge in [-0.2, -0.15) is 5.10 Å². The standard InChI is InChI=1S/C21H29N3O3/c1-20(2,3)17-13-18(24(23-17)21(4,5)6)22-19(25)14-8-9-15-16(12-14)27-11-7-10-26-15/h8-9,12-13H,7,10-11H2,1-6H3,(H,22,25). The van der Waals surface area contributed by atoms with Gasteiger partial charge in [0.05, 0.1) is 24.4 Å². The first-order valence-corrected chi connectivity index (χ1v) is 9.38. The van der Waals surface area contributed by atoms with Crippen molar-refractivity contribution in [2.24, 2.45) is 0 Å². The Morgan fingerprint density at radius 1 is 1.04 bits per heavy atom. The molecule has 0 fully saturated rings. The number of anilines is 1. The van der Waals surface area contributed by atoms with Crippen molar-refractivity contribution >= 4 is 11.7 Å². The smallest absolute Gasteiger partial charge is 0.256 e. The zero-order valence-corrected chi connectivity index (χ0v) is 17.0. The maximum absolute atomic E-state index is 12.9. The maximum atomic E-state index is 12.9. The molecule has 3 rings (SSSR count). The number of benzene rings is 1. The number of amides is 1. The van der Waals surface area contributed by atoms with E-state index in [9.17, 15) is 4.79 Å². The molecule has 1 amide bonds. The third-order valence-electron chi connectivity index (χ3n) is 4.36. The predicted octanol–water partition coefficient (Wildman–Crippen LogP) is 4.35. The van der Waals surface area contributed by atoms with Crippen LogP contribution in [0.4, 0.5) is 5.82 Å². The molecular weight excluding hydrogens is 342 g/mol. The zero-order valence-electron chi connectivity index (χ0n) is 17.0. The Morgan fingerprint density at radius 3 is 2.33 bits per heavy atom. The van der Waals surface area contributed by atoms with Crippen molar-refractivity contribution in [3.63, 3.8) is 0 Å². The summed E-state index contributed by atoms with van der Waals surface area (Å²) >= 11 is 0. The number of aromatic nitrogens is 2. The van der Waals surface area contributed by atoms with E-state index in [2.05, 4.69) is 46.9 Å². The van der Waals surface area contributed by atoms with Gasteiger partial charge in [0.1, 0.15) is 5.82 Å². The first kappa shape index (κ1) is 19.3. The minimum Gasteiger partial charge on any atom is -0.490 e. The largest absolute Gasteiger partial charge is 0.490 e. The van der Waals surface area contributed by atoms with Crippen LogP contribution in [0.15, 0.2) is 24.3 Å². The molecule has 2 heterocycles. The summed E-state index contributed by atoms with van der Waals surface area (Å²) in [4.78, 5) is 12.9. The van der Waals surface area contributed by atoms with E-state index < -0.39 is 0 Å². The molecule has 1 aromatic carbocycles. The monoisotopic (exact) mass is 371 g/mol. The van der Waals surface area contributed by atoms with Crippen LogP contribution in [-0.4, -0.2) is 28.9 Å². The highest BCUT2D eigenvalue weighted by Gasteiger charge is 2.26. The van der Waals surface area contributed by atoms with Crippen LogP contribution < -0.4 is 14.8 Å². The molecule has 0 spiro atoms. The third-order valence-corrected chi connectivity index (χ3v) is 4.36. The summed E-state index contributed by atoms with van der Waals surface area (Å²) in [5.41, 5.74) is 1.10. The van der Waals surface area contributed by atoms with Gasteiger partial charge in [0.25, 0.3) is 5.91 Å². The van der Waals surface area contributed by atoms with Crippen molar-refractivity contribution in [2.45, 2.75) is 58.9 Å². The van der Waals surface area contributed by atoms with E-state index in [-0.39, 0.29) is 16.9 Å². The van der Waals surface area contributed by atoms with Crippen molar-refractivity contribution in [3.05, 3.63) is 35.5 Å². The fourth-order valence-electron chi connectivity index (χ4n) is 2.84. The molecule has 1 aliphatic heterocycles. The van der Waals surface area contributed by atoms with E-state index in [0.717, 1.165) is 12.1 Å². The van der Waals surface area contributed by atoms with E-state index in [1.165, 1.54) is 0 Å². The van der Waals surface area contributed by atoms with Crippen LogP contribution in [0.5, 0.6) is 11.5 Å². The molecule has 1 N–H and O–H groups in total. The fourth-order valence-corrected chi connectivity index (χ4v) is 2.84. The van der Waals surface area contributed by atoms with Crippen LogP contribution >= 0.6 is 0 Å². The number of ether oxygens (including phenoxy) is 2. The lowest BCUT2D eigenvalue weighted by molar-refractivity contribution is 0.102. The highest BCUT2D eigenvalue weighted by molar-refractivity contribution is 6.04. The summed E-state index contributed by atoms with van der Waals surface area (Å²) in [7, 11) is 0. The molecule has 1 aromatic heterocycles. The highest BCUT2D eigenvalue weighted by atomic mass is 16.5. The minimum atomic E-state index is -0.253. The summed E-state index contributed by atoms with van der Waals surface area (Å²) in [5, 5.41) is 7.75. The van der Waals surface area contributed by atoms with Crippen LogP contribution in [0.25, 0.3) is 0 Å². The second-order valence-corrected chi connectivity index (χ2v) is 8.91. The third kappa shape index (κ3) is 4.26. The van der Waals surface area contributed by atoms with Gasteiger partial charge in [0.15, 0.2) is 11.5 Å². The summed E-state index contributed by atoms with van der Waals surface area (Å²) in [5.74, 6) is 1.78. The molecule has 0 saturated heterocycles. The Balaban J connectivity index is 1.90. The van der Waals surface area contributed by atoms with Gasteiger partial charge in [-0.1, -0.05) is 20.8 Å². The summed E-state index contributed by atoms with van der Waals surface area (Å²) in [6.45, 7) is 13.7. The Labute approximate surface area is 160 Å². The van der Waals surface area contributed by atoms with Crippen LogP contribution in [0.1, 0.15) is 64.0 Å². The molecular formula is C21H29N3O3. The van der Waals surface area contributed by atoms with Gasteiger partial charge in [0, 0.05) is 23.5 Å². The average molecular weight is 371 g/mol. The van der Waals surface area contributed by atoms with Gasteiger partial charge in [-0.3, -0.25) is 4.79 Å². The van der Waals surface area contributed by atoms with Crippen molar-refractivity contribution < 1.29 is 14.3 Å². The fraction of sp³-hybridized carbons (Fsp3) is 0.524. The van der Waals surface area contributed by atoms with Gasteiger partial charge < -0.3 is 14.8 Å². The quantitative estimate of drug-likeness (QED) is 0.852. The molecule has 2 aromatic rings. The second-order valence-electron chi connectivity index (χ2n) is 8.91. The Morgan fingerprint density at radius 2 is 1.70 bits per heavy atom. The van der Waals surface area contributed by atoms with E-state index in [1.54, 1.807) is 18.2 Å². The lowest BCUT2D eigenvalue weighted by Gasteiger charge is -2.23. The number of hydrogen-bond donors (Lipinski definition) is 1. The number of fused-ring (bicyclic) bond motifs is 1. The molecule has 0 bridgehead atoms. The second kappa shape index (κ2) is 6.91. The molecule has 27 heavy (non-hydrogen) atoms. The number of carbonyl (C=O) groups is 1. The normalized spacial score (nSPS) is 14.6. The van der Waals surface area contributed by atoms with Crippen molar-refractivity contribution in [1.82, 2.24) is 9.78 Å². The first-order valence-electron chi connectivity index (χ1n) is 9.38. The first-order chi connectivity index (χ1) is 12.6. The summed E-state index contributed by atoms with van der Waals surface area (Å²) in [6, 6.07) is 7.23. The molecule has 1 aliphatic rings. The maximum Gasteiger partial charge on any atom is 0.256 e. The summed E-state index contributed by atoms with van der Waals surface area (Å²) < 4.78 is 13.2. The number of rotatable bonds is 2. The van der Waals surface area contributed by atoms with E-state index in [4.69, 9.17) is 14.6 Å². The van der Waals surface area contributed by atoms with Crippen LogP contribution in [0, 0.1) is 0 Å². The SMILES string of the molecule is CC(C)(C)c1cc(NC(=O)c2ccc3c(c2)OCCCO3)n(C(C)(C)C)n1. The van der Waals surface area contributed by atoms with Gasteiger partial charge in [-0.15, -0.1) is 0 Å². The van der Waals surface area contributed by atoms with Crippen molar-refractivity contribution in [1.29, 1.82) is 0 Å². The molecule has 0 saturated carbocycles. The molecule has 6 nitrogen and oxygen atoms in total. The topological polar surface area (TPSA) is 65.4 Å². The Hall–Kier alpha value is -2.50.